The standard InChI is InChI=1S/C17H15Br2N3O2/c1-10-4-14(24-19)6-16(20-10)23-9-13-8-22-7-12(11-2-3-11)5-15(18)17(22)21-13/h4-8,11H,2-3,9H2,1H3. The molecule has 1 saturated carbocycles. The molecule has 3 aromatic rings. The van der Waals surface area contributed by atoms with Crippen molar-refractivity contribution in [2.75, 3.05) is 0 Å². The summed E-state index contributed by atoms with van der Waals surface area (Å²) >= 11 is 6.60. The number of ether oxygens (including phenoxy) is 1. The molecule has 0 amide bonds. The van der Waals surface area contributed by atoms with E-state index in [9.17, 15) is 0 Å². The zero-order valence-corrected chi connectivity index (χ0v) is 16.2. The molecule has 1 aliphatic carbocycles. The molecule has 124 valence electrons. The predicted octanol–water partition coefficient (Wildman–Crippen LogP) is 4.95. The Hall–Kier alpha value is -1.60. The van der Waals surface area contributed by atoms with Gasteiger partial charge in [0.2, 0.25) is 5.88 Å². The highest BCUT2D eigenvalue weighted by Gasteiger charge is 2.24. The van der Waals surface area contributed by atoms with Gasteiger partial charge in [0.15, 0.2) is 21.9 Å². The summed E-state index contributed by atoms with van der Waals surface area (Å²) in [5.74, 6) is 1.87. The van der Waals surface area contributed by atoms with Crippen LogP contribution >= 0.6 is 32.2 Å². The molecule has 4 rings (SSSR count). The third-order valence-electron chi connectivity index (χ3n) is 3.99. The largest absolute Gasteiger partial charge is 0.471 e. The maximum absolute atomic E-state index is 5.77. The molecule has 0 atom stereocenters. The Kier molecular flexibility index (Phi) is 4.22. The molecule has 1 fully saturated rings. The van der Waals surface area contributed by atoms with Crippen molar-refractivity contribution < 1.29 is 8.57 Å². The zero-order chi connectivity index (χ0) is 16.7. The molecule has 0 radical (unpaired) electrons. The van der Waals surface area contributed by atoms with Gasteiger partial charge in [-0.05, 0) is 53.2 Å². The molecule has 0 N–H and O–H groups in total. The van der Waals surface area contributed by atoms with Crippen LogP contribution in [0.3, 0.4) is 0 Å². The fraction of sp³-hybridized carbons (Fsp3) is 0.294. The van der Waals surface area contributed by atoms with E-state index < -0.39 is 0 Å². The molecule has 1 aliphatic rings. The third-order valence-corrected chi connectivity index (χ3v) is 4.94. The van der Waals surface area contributed by atoms with E-state index >= 15 is 0 Å². The molecule has 0 aromatic carbocycles. The van der Waals surface area contributed by atoms with Crippen LogP contribution < -0.4 is 8.57 Å². The van der Waals surface area contributed by atoms with E-state index in [1.165, 1.54) is 18.4 Å². The van der Waals surface area contributed by atoms with Crippen LogP contribution in [0.2, 0.25) is 0 Å². The fourth-order valence-electron chi connectivity index (χ4n) is 2.71. The van der Waals surface area contributed by atoms with Gasteiger partial charge in [-0.3, -0.25) is 0 Å². The molecule has 3 heterocycles. The van der Waals surface area contributed by atoms with Gasteiger partial charge in [-0.15, -0.1) is 0 Å². The van der Waals surface area contributed by atoms with Crippen molar-refractivity contribution in [2.24, 2.45) is 0 Å². The van der Waals surface area contributed by atoms with Crippen molar-refractivity contribution in [3.8, 4) is 11.6 Å². The summed E-state index contributed by atoms with van der Waals surface area (Å²) < 4.78 is 13.9. The minimum absolute atomic E-state index is 0.352. The van der Waals surface area contributed by atoms with Crippen LogP contribution in [0.15, 0.2) is 35.1 Å². The summed E-state index contributed by atoms with van der Waals surface area (Å²) in [6.07, 6.45) is 6.72. The second kappa shape index (κ2) is 6.37. The van der Waals surface area contributed by atoms with Gasteiger partial charge in [0.05, 0.1) is 10.2 Å². The van der Waals surface area contributed by atoms with E-state index in [1.807, 2.05) is 19.2 Å². The molecular weight excluding hydrogens is 438 g/mol. The molecule has 5 nitrogen and oxygen atoms in total. The van der Waals surface area contributed by atoms with Gasteiger partial charge in [0.25, 0.3) is 0 Å². The molecule has 0 spiro atoms. The highest BCUT2D eigenvalue weighted by atomic mass is 79.9. The third kappa shape index (κ3) is 3.28. The topological polar surface area (TPSA) is 48.7 Å². The van der Waals surface area contributed by atoms with Crippen LogP contribution in [0.5, 0.6) is 11.6 Å². The maximum atomic E-state index is 5.77. The number of nitrogens with zero attached hydrogens (tertiary/aromatic N) is 3. The number of imidazole rings is 1. The lowest BCUT2D eigenvalue weighted by atomic mass is 10.2. The summed E-state index contributed by atoms with van der Waals surface area (Å²) in [4.78, 5) is 8.98. The Bertz CT molecular complexity index is 906. The average molecular weight is 453 g/mol. The first-order chi connectivity index (χ1) is 11.6. The average Bonchev–Trinajstić information content (AvgIpc) is 3.32. The van der Waals surface area contributed by atoms with E-state index in [-0.39, 0.29) is 0 Å². The minimum atomic E-state index is 0.352. The number of pyridine rings is 2. The Labute approximate surface area is 156 Å². The van der Waals surface area contributed by atoms with E-state index in [0.717, 1.165) is 21.5 Å². The number of hydrogen-bond donors (Lipinski definition) is 0. The lowest BCUT2D eigenvalue weighted by Crippen LogP contribution is -1.98. The van der Waals surface area contributed by atoms with Crippen LogP contribution in [0.25, 0.3) is 5.65 Å². The number of rotatable bonds is 5. The fourth-order valence-corrected chi connectivity index (χ4v) is 3.46. The maximum Gasteiger partial charge on any atom is 0.217 e. The smallest absolute Gasteiger partial charge is 0.217 e. The van der Waals surface area contributed by atoms with Crippen LogP contribution in [-0.4, -0.2) is 14.4 Å². The van der Waals surface area contributed by atoms with Gasteiger partial charge in [-0.2, -0.15) is 0 Å². The molecular formula is C17H15Br2N3O2. The van der Waals surface area contributed by atoms with E-state index in [1.54, 1.807) is 6.07 Å². The summed E-state index contributed by atoms with van der Waals surface area (Å²) in [7, 11) is 0. The van der Waals surface area contributed by atoms with Crippen molar-refractivity contribution in [3.05, 3.63) is 52.0 Å². The first kappa shape index (κ1) is 15.9. The number of halogens is 2. The summed E-state index contributed by atoms with van der Waals surface area (Å²) in [5, 5.41) is 0. The van der Waals surface area contributed by atoms with Crippen LogP contribution in [-0.2, 0) is 6.61 Å². The summed E-state index contributed by atoms with van der Waals surface area (Å²) in [5.41, 5.74) is 3.94. The Morgan fingerprint density at radius 3 is 2.79 bits per heavy atom. The molecule has 7 heteroatoms. The highest BCUT2D eigenvalue weighted by molar-refractivity contribution is 9.10. The predicted molar refractivity (Wildman–Crippen MR) is 97.7 cm³/mol. The van der Waals surface area contributed by atoms with Gasteiger partial charge in [-0.1, -0.05) is 0 Å². The van der Waals surface area contributed by atoms with Gasteiger partial charge in [0, 0.05) is 30.2 Å². The first-order valence-corrected chi connectivity index (χ1v) is 9.13. The highest BCUT2D eigenvalue weighted by Crippen LogP contribution is 2.41. The lowest BCUT2D eigenvalue weighted by Gasteiger charge is -2.05. The number of aryl methyl sites for hydroxylation is 1. The molecule has 0 aliphatic heterocycles. The number of fused-ring (bicyclic) bond motifs is 1. The van der Waals surface area contributed by atoms with Crippen LogP contribution in [0, 0.1) is 6.92 Å². The van der Waals surface area contributed by atoms with Gasteiger partial charge >= 0.3 is 0 Å². The van der Waals surface area contributed by atoms with E-state index in [4.69, 9.17) is 8.57 Å². The van der Waals surface area contributed by atoms with Crippen molar-refractivity contribution in [3.63, 3.8) is 0 Å². The Morgan fingerprint density at radius 2 is 2.04 bits per heavy atom. The number of aromatic nitrogens is 3. The minimum Gasteiger partial charge on any atom is -0.471 e. The van der Waals surface area contributed by atoms with Crippen molar-refractivity contribution in [2.45, 2.75) is 32.3 Å². The normalized spacial score (nSPS) is 14.1. The molecule has 24 heavy (non-hydrogen) atoms. The molecule has 3 aromatic heterocycles. The van der Waals surface area contributed by atoms with Gasteiger partial charge in [0.1, 0.15) is 12.4 Å². The second-order valence-electron chi connectivity index (χ2n) is 6.01. The Balaban J connectivity index is 1.56. The quantitative estimate of drug-likeness (QED) is 0.549. The van der Waals surface area contributed by atoms with Crippen LogP contribution in [0.4, 0.5) is 0 Å². The van der Waals surface area contributed by atoms with Gasteiger partial charge < -0.3 is 13.0 Å². The van der Waals surface area contributed by atoms with E-state index in [2.05, 4.69) is 58.8 Å². The van der Waals surface area contributed by atoms with Crippen molar-refractivity contribution in [1.82, 2.24) is 14.4 Å². The zero-order valence-electron chi connectivity index (χ0n) is 13.0. The SMILES string of the molecule is Cc1cc(OBr)cc(OCc2cn3cc(C4CC4)cc(Br)c3n2)n1. The molecule has 0 saturated heterocycles. The van der Waals surface area contributed by atoms with Crippen LogP contribution in [0.1, 0.15) is 35.7 Å². The monoisotopic (exact) mass is 451 g/mol. The lowest BCUT2D eigenvalue weighted by molar-refractivity contribution is 0.288. The molecule has 0 bridgehead atoms. The molecule has 0 unspecified atom stereocenters. The summed E-state index contributed by atoms with van der Waals surface area (Å²) in [6, 6.07) is 5.73. The first-order valence-electron chi connectivity index (χ1n) is 7.69. The van der Waals surface area contributed by atoms with E-state index in [0.29, 0.717) is 24.2 Å². The second-order valence-corrected chi connectivity index (χ2v) is 7.19. The van der Waals surface area contributed by atoms with Crippen molar-refractivity contribution in [1.29, 1.82) is 0 Å². The van der Waals surface area contributed by atoms with Crippen molar-refractivity contribution >= 4 is 37.8 Å². The summed E-state index contributed by atoms with van der Waals surface area (Å²) in [6.45, 7) is 2.24. The number of hydrogen-bond acceptors (Lipinski definition) is 4. The van der Waals surface area contributed by atoms with Gasteiger partial charge in [-0.25, -0.2) is 9.97 Å². The Morgan fingerprint density at radius 1 is 1.21 bits per heavy atom.